The molecule has 1 aromatic rings. The predicted octanol–water partition coefficient (Wildman–Crippen LogP) is 1.84. The van der Waals surface area contributed by atoms with Crippen molar-refractivity contribution < 1.29 is 4.74 Å². The number of morpholine rings is 1. The van der Waals surface area contributed by atoms with Crippen molar-refractivity contribution in [3.8, 4) is 0 Å². The molecule has 0 saturated carbocycles. The Bertz CT molecular complexity index is 486. The standard InChI is InChI=1S/C15H25N3O2/c1-4-6-17(5-2)14-9-13(10-15(19)16-14)18-7-8-20-11-12(18)3/h9-10,12H,4-8,11H2,1-3H3,(H,16,19). The Hall–Kier alpha value is -1.49. The van der Waals surface area contributed by atoms with Gasteiger partial charge < -0.3 is 19.5 Å². The topological polar surface area (TPSA) is 48.6 Å². The number of rotatable bonds is 5. The van der Waals surface area contributed by atoms with Crippen LogP contribution in [-0.2, 0) is 4.74 Å². The molecule has 1 N–H and O–H groups in total. The van der Waals surface area contributed by atoms with Crippen molar-refractivity contribution in [1.29, 1.82) is 0 Å². The van der Waals surface area contributed by atoms with Gasteiger partial charge in [0, 0.05) is 43.5 Å². The van der Waals surface area contributed by atoms with Crippen LogP contribution in [-0.4, -0.2) is 43.9 Å². The van der Waals surface area contributed by atoms with E-state index in [1.807, 2.05) is 0 Å². The second-order valence-corrected chi connectivity index (χ2v) is 5.29. The minimum Gasteiger partial charge on any atom is -0.377 e. The van der Waals surface area contributed by atoms with Crippen molar-refractivity contribution in [1.82, 2.24) is 4.98 Å². The van der Waals surface area contributed by atoms with Gasteiger partial charge in [-0.3, -0.25) is 4.79 Å². The van der Waals surface area contributed by atoms with Crippen LogP contribution in [0.15, 0.2) is 16.9 Å². The van der Waals surface area contributed by atoms with Gasteiger partial charge in [0.1, 0.15) is 5.82 Å². The highest BCUT2D eigenvalue weighted by Gasteiger charge is 2.20. The molecule has 1 aliphatic heterocycles. The van der Waals surface area contributed by atoms with E-state index in [1.165, 1.54) is 0 Å². The molecular formula is C15H25N3O2. The fourth-order valence-corrected chi connectivity index (χ4v) is 2.68. The number of hydrogen-bond acceptors (Lipinski definition) is 4. The predicted molar refractivity (Wildman–Crippen MR) is 82.9 cm³/mol. The Kier molecular flexibility index (Phi) is 5.06. The molecule has 0 aromatic carbocycles. The van der Waals surface area contributed by atoms with E-state index in [0.29, 0.717) is 12.6 Å². The first kappa shape index (κ1) is 14.9. The Morgan fingerprint density at radius 3 is 2.90 bits per heavy atom. The van der Waals surface area contributed by atoms with Crippen molar-refractivity contribution in [2.75, 3.05) is 42.6 Å². The summed E-state index contributed by atoms with van der Waals surface area (Å²) in [6.45, 7) is 10.5. The van der Waals surface area contributed by atoms with Gasteiger partial charge in [-0.25, -0.2) is 0 Å². The summed E-state index contributed by atoms with van der Waals surface area (Å²) in [7, 11) is 0. The highest BCUT2D eigenvalue weighted by molar-refractivity contribution is 5.55. The molecule has 0 spiro atoms. The van der Waals surface area contributed by atoms with Gasteiger partial charge in [0.25, 0.3) is 5.56 Å². The molecule has 112 valence electrons. The van der Waals surface area contributed by atoms with E-state index in [4.69, 9.17) is 4.74 Å². The molecule has 0 aliphatic carbocycles. The molecule has 0 radical (unpaired) electrons. The van der Waals surface area contributed by atoms with Crippen LogP contribution < -0.4 is 15.4 Å². The van der Waals surface area contributed by atoms with Crippen LogP contribution in [0.5, 0.6) is 0 Å². The molecule has 1 aromatic heterocycles. The van der Waals surface area contributed by atoms with Crippen LogP contribution >= 0.6 is 0 Å². The Balaban J connectivity index is 2.30. The third kappa shape index (κ3) is 3.33. The van der Waals surface area contributed by atoms with Gasteiger partial charge in [-0.05, 0) is 20.3 Å². The Labute approximate surface area is 120 Å². The number of ether oxygens (including phenoxy) is 1. The summed E-state index contributed by atoms with van der Waals surface area (Å²) in [6.07, 6.45) is 1.06. The number of pyridine rings is 1. The zero-order chi connectivity index (χ0) is 14.5. The smallest absolute Gasteiger partial charge is 0.251 e. The van der Waals surface area contributed by atoms with Gasteiger partial charge in [0.15, 0.2) is 0 Å². The number of hydrogen-bond donors (Lipinski definition) is 1. The lowest BCUT2D eigenvalue weighted by Gasteiger charge is -2.35. The van der Waals surface area contributed by atoms with Gasteiger partial charge in [-0.2, -0.15) is 0 Å². The van der Waals surface area contributed by atoms with Crippen LogP contribution in [0.1, 0.15) is 27.2 Å². The van der Waals surface area contributed by atoms with Crippen LogP contribution in [0.4, 0.5) is 11.5 Å². The number of anilines is 2. The molecule has 5 nitrogen and oxygen atoms in total. The van der Waals surface area contributed by atoms with Crippen LogP contribution in [0.25, 0.3) is 0 Å². The summed E-state index contributed by atoms with van der Waals surface area (Å²) in [4.78, 5) is 19.4. The zero-order valence-electron chi connectivity index (χ0n) is 12.7. The highest BCUT2D eigenvalue weighted by Crippen LogP contribution is 2.22. The summed E-state index contributed by atoms with van der Waals surface area (Å²) < 4.78 is 5.46. The molecule has 2 heterocycles. The van der Waals surface area contributed by atoms with Crippen molar-refractivity contribution in [3.05, 3.63) is 22.5 Å². The summed E-state index contributed by atoms with van der Waals surface area (Å²) in [5.41, 5.74) is 0.958. The third-order valence-electron chi connectivity index (χ3n) is 3.73. The first-order chi connectivity index (χ1) is 9.65. The van der Waals surface area contributed by atoms with E-state index in [0.717, 1.165) is 44.2 Å². The second kappa shape index (κ2) is 6.79. The molecule has 0 amide bonds. The number of nitrogens with one attached hydrogen (secondary N) is 1. The third-order valence-corrected chi connectivity index (χ3v) is 3.73. The fraction of sp³-hybridized carbons (Fsp3) is 0.667. The Morgan fingerprint density at radius 1 is 1.45 bits per heavy atom. The van der Waals surface area contributed by atoms with Crippen LogP contribution in [0, 0.1) is 0 Å². The van der Waals surface area contributed by atoms with E-state index < -0.39 is 0 Å². The fourth-order valence-electron chi connectivity index (χ4n) is 2.68. The first-order valence-electron chi connectivity index (χ1n) is 7.49. The van der Waals surface area contributed by atoms with Crippen molar-refractivity contribution >= 4 is 11.5 Å². The quantitative estimate of drug-likeness (QED) is 0.893. The summed E-state index contributed by atoms with van der Waals surface area (Å²) >= 11 is 0. The van der Waals surface area contributed by atoms with E-state index in [9.17, 15) is 4.79 Å². The van der Waals surface area contributed by atoms with E-state index in [-0.39, 0.29) is 5.56 Å². The average molecular weight is 279 g/mol. The van der Waals surface area contributed by atoms with E-state index >= 15 is 0 Å². The summed E-state index contributed by atoms with van der Waals surface area (Å²) in [6, 6.07) is 4.08. The molecule has 1 atom stereocenters. The average Bonchev–Trinajstić information content (AvgIpc) is 2.44. The van der Waals surface area contributed by atoms with Crippen molar-refractivity contribution in [2.24, 2.45) is 0 Å². The van der Waals surface area contributed by atoms with Crippen LogP contribution in [0.2, 0.25) is 0 Å². The van der Waals surface area contributed by atoms with Crippen molar-refractivity contribution in [2.45, 2.75) is 33.2 Å². The van der Waals surface area contributed by atoms with Gasteiger partial charge in [-0.15, -0.1) is 0 Å². The lowest BCUT2D eigenvalue weighted by molar-refractivity contribution is 0.0989. The van der Waals surface area contributed by atoms with E-state index in [2.05, 4.69) is 41.6 Å². The number of nitrogens with zero attached hydrogens (tertiary/aromatic N) is 2. The van der Waals surface area contributed by atoms with E-state index in [1.54, 1.807) is 6.07 Å². The maximum Gasteiger partial charge on any atom is 0.251 e. The number of aromatic amines is 1. The SMILES string of the molecule is CCCN(CC)c1cc(N2CCOCC2C)cc(=O)[nH]1. The lowest BCUT2D eigenvalue weighted by Crippen LogP contribution is -2.44. The molecule has 20 heavy (non-hydrogen) atoms. The molecule has 2 rings (SSSR count). The van der Waals surface area contributed by atoms with Gasteiger partial charge in [0.2, 0.25) is 0 Å². The maximum absolute atomic E-state index is 11.9. The largest absolute Gasteiger partial charge is 0.377 e. The van der Waals surface area contributed by atoms with Gasteiger partial charge in [0.05, 0.1) is 13.2 Å². The summed E-state index contributed by atoms with van der Waals surface area (Å²) in [5, 5.41) is 0. The highest BCUT2D eigenvalue weighted by atomic mass is 16.5. The van der Waals surface area contributed by atoms with Crippen molar-refractivity contribution in [3.63, 3.8) is 0 Å². The maximum atomic E-state index is 11.9. The lowest BCUT2D eigenvalue weighted by atomic mass is 10.2. The monoisotopic (exact) mass is 279 g/mol. The normalized spacial score (nSPS) is 19.1. The Morgan fingerprint density at radius 2 is 2.25 bits per heavy atom. The van der Waals surface area contributed by atoms with Crippen LogP contribution in [0.3, 0.4) is 0 Å². The minimum atomic E-state index is -0.0363. The molecule has 0 bridgehead atoms. The molecule has 1 fully saturated rings. The molecule has 5 heteroatoms. The molecule has 1 unspecified atom stereocenters. The second-order valence-electron chi connectivity index (χ2n) is 5.29. The van der Waals surface area contributed by atoms with Gasteiger partial charge >= 0.3 is 0 Å². The summed E-state index contributed by atoms with van der Waals surface area (Å²) in [5.74, 6) is 0.913. The number of aromatic nitrogens is 1. The minimum absolute atomic E-state index is 0.0363. The number of H-pyrrole nitrogens is 1. The molecule has 1 aliphatic rings. The molecule has 1 saturated heterocycles. The zero-order valence-corrected chi connectivity index (χ0v) is 12.7. The van der Waals surface area contributed by atoms with Gasteiger partial charge in [-0.1, -0.05) is 6.92 Å². The first-order valence-corrected chi connectivity index (χ1v) is 7.49. The molecular weight excluding hydrogens is 254 g/mol.